The Morgan fingerprint density at radius 1 is 1.09 bits per heavy atom. The normalized spacial score (nSPS) is 17.8. The van der Waals surface area contributed by atoms with Gasteiger partial charge in [0.05, 0.1) is 13.2 Å². The molecule has 0 aromatic rings. The minimum absolute atomic E-state index is 0.0851. The van der Waals surface area contributed by atoms with Gasteiger partial charge < -0.3 is 35.2 Å². The molecule has 0 aliphatic heterocycles. The van der Waals surface area contributed by atoms with Gasteiger partial charge in [-0.05, 0) is 19.8 Å². The molecule has 0 heterocycles. The number of aliphatic hydroxyl groups is 5. The molecule has 0 aliphatic rings. The van der Waals surface area contributed by atoms with Crippen LogP contribution in [0.25, 0.3) is 0 Å². The van der Waals surface area contributed by atoms with E-state index >= 15 is 0 Å². The number of aliphatic hydroxyl groups excluding tert-OH is 5. The van der Waals surface area contributed by atoms with Crippen LogP contribution in [0.4, 0.5) is 4.79 Å². The standard InChI is InChI=1S/C14H29NO7/c1-8(2)14(3,4)22-13(21)15(5)6-9(17)11(19)12(20)10(18)7-16/h8-12,16-20H,6-7H2,1-5H3. The fourth-order valence-electron chi connectivity index (χ4n) is 1.45. The summed E-state index contributed by atoms with van der Waals surface area (Å²) < 4.78 is 5.31. The highest BCUT2D eigenvalue weighted by Crippen LogP contribution is 2.21. The Balaban J connectivity index is 4.58. The molecular formula is C14H29NO7. The number of ether oxygens (including phenoxy) is 1. The van der Waals surface area contributed by atoms with Crippen LogP contribution in [-0.4, -0.2) is 86.7 Å². The third kappa shape index (κ3) is 6.05. The van der Waals surface area contributed by atoms with Crippen LogP contribution in [0.2, 0.25) is 0 Å². The molecule has 0 aromatic carbocycles. The molecule has 8 nitrogen and oxygen atoms in total. The fourth-order valence-corrected chi connectivity index (χ4v) is 1.45. The lowest BCUT2D eigenvalue weighted by atomic mass is 9.95. The molecule has 22 heavy (non-hydrogen) atoms. The quantitative estimate of drug-likeness (QED) is 0.384. The minimum atomic E-state index is -1.73. The van der Waals surface area contributed by atoms with Gasteiger partial charge in [0, 0.05) is 7.05 Å². The second-order valence-corrected chi connectivity index (χ2v) is 6.31. The van der Waals surface area contributed by atoms with Crippen molar-refractivity contribution in [3.05, 3.63) is 0 Å². The molecule has 0 aliphatic carbocycles. The van der Waals surface area contributed by atoms with E-state index in [2.05, 4.69) is 0 Å². The number of nitrogens with zero attached hydrogens (tertiary/aromatic N) is 1. The zero-order valence-corrected chi connectivity index (χ0v) is 13.8. The Kier molecular flexibility index (Phi) is 8.27. The Morgan fingerprint density at radius 2 is 1.55 bits per heavy atom. The first kappa shape index (κ1) is 21.1. The monoisotopic (exact) mass is 323 g/mol. The van der Waals surface area contributed by atoms with Crippen LogP contribution in [0.3, 0.4) is 0 Å². The maximum Gasteiger partial charge on any atom is 0.410 e. The molecule has 0 spiro atoms. The Labute approximate surface area is 130 Å². The Hall–Kier alpha value is -0.930. The van der Waals surface area contributed by atoms with Gasteiger partial charge >= 0.3 is 6.09 Å². The van der Waals surface area contributed by atoms with Gasteiger partial charge in [0.15, 0.2) is 0 Å². The van der Waals surface area contributed by atoms with Gasteiger partial charge in [-0.25, -0.2) is 4.79 Å². The molecule has 132 valence electrons. The Morgan fingerprint density at radius 3 is 1.95 bits per heavy atom. The van der Waals surface area contributed by atoms with Crippen LogP contribution in [0, 0.1) is 5.92 Å². The van der Waals surface area contributed by atoms with E-state index in [1.165, 1.54) is 7.05 Å². The van der Waals surface area contributed by atoms with Crippen LogP contribution in [0.15, 0.2) is 0 Å². The predicted octanol–water partition coefficient (Wildman–Crippen LogP) is -1.07. The van der Waals surface area contributed by atoms with Gasteiger partial charge in [0.2, 0.25) is 0 Å². The first-order valence-corrected chi connectivity index (χ1v) is 7.21. The zero-order chi connectivity index (χ0) is 17.7. The zero-order valence-electron chi connectivity index (χ0n) is 13.8. The summed E-state index contributed by atoms with van der Waals surface area (Å²) in [6.07, 6.45) is -7.20. The summed E-state index contributed by atoms with van der Waals surface area (Å²) in [5, 5.41) is 46.9. The van der Waals surface area contributed by atoms with Crippen molar-refractivity contribution in [2.24, 2.45) is 5.92 Å². The summed E-state index contributed by atoms with van der Waals surface area (Å²) in [5.74, 6) is 0.0851. The molecule has 0 bridgehead atoms. The number of hydrogen-bond acceptors (Lipinski definition) is 7. The van der Waals surface area contributed by atoms with Crippen LogP contribution < -0.4 is 0 Å². The van der Waals surface area contributed by atoms with Crippen LogP contribution in [-0.2, 0) is 4.74 Å². The van der Waals surface area contributed by atoms with E-state index in [1.54, 1.807) is 13.8 Å². The van der Waals surface area contributed by atoms with Crippen molar-refractivity contribution in [1.29, 1.82) is 0 Å². The molecule has 0 rings (SSSR count). The lowest BCUT2D eigenvalue weighted by Gasteiger charge is -2.33. The highest BCUT2D eigenvalue weighted by molar-refractivity contribution is 5.67. The molecule has 0 saturated carbocycles. The molecular weight excluding hydrogens is 294 g/mol. The average Bonchev–Trinajstić information content (AvgIpc) is 2.43. The van der Waals surface area contributed by atoms with Crippen molar-refractivity contribution in [3.8, 4) is 0 Å². The summed E-state index contributed by atoms with van der Waals surface area (Å²) in [5.41, 5.74) is -0.693. The van der Waals surface area contributed by atoms with Crippen molar-refractivity contribution >= 4 is 6.09 Å². The minimum Gasteiger partial charge on any atom is -0.443 e. The summed E-state index contributed by atoms with van der Waals surface area (Å²) in [7, 11) is 1.38. The molecule has 8 heteroatoms. The maximum atomic E-state index is 11.9. The molecule has 1 amide bonds. The lowest BCUT2D eigenvalue weighted by molar-refractivity contribution is -0.118. The van der Waals surface area contributed by atoms with Crippen molar-refractivity contribution < 1.29 is 35.1 Å². The third-order valence-corrected chi connectivity index (χ3v) is 3.84. The molecule has 5 N–H and O–H groups in total. The predicted molar refractivity (Wildman–Crippen MR) is 79.1 cm³/mol. The maximum absolute atomic E-state index is 11.9. The summed E-state index contributed by atoms with van der Waals surface area (Å²) in [4.78, 5) is 13.0. The molecule has 4 unspecified atom stereocenters. The summed E-state index contributed by atoms with van der Waals surface area (Å²) >= 11 is 0. The highest BCUT2D eigenvalue weighted by Gasteiger charge is 2.33. The first-order chi connectivity index (χ1) is 9.93. The van der Waals surface area contributed by atoms with Gasteiger partial charge in [0.1, 0.15) is 30.0 Å². The number of rotatable bonds is 8. The molecule has 0 fully saturated rings. The van der Waals surface area contributed by atoms with Gasteiger partial charge in [-0.15, -0.1) is 0 Å². The van der Waals surface area contributed by atoms with Gasteiger partial charge in [0.25, 0.3) is 0 Å². The van der Waals surface area contributed by atoms with Gasteiger partial charge in [-0.1, -0.05) is 13.8 Å². The van der Waals surface area contributed by atoms with E-state index in [4.69, 9.17) is 9.84 Å². The van der Waals surface area contributed by atoms with E-state index in [9.17, 15) is 25.2 Å². The molecule has 0 radical (unpaired) electrons. The summed E-state index contributed by atoms with van der Waals surface area (Å²) in [6, 6.07) is 0. The smallest absolute Gasteiger partial charge is 0.410 e. The van der Waals surface area contributed by atoms with Crippen LogP contribution in [0.5, 0.6) is 0 Å². The molecule has 0 saturated heterocycles. The SMILES string of the molecule is CC(C)C(C)(C)OC(=O)N(C)CC(O)C(O)C(O)C(O)CO. The van der Waals surface area contributed by atoms with Crippen LogP contribution in [0.1, 0.15) is 27.7 Å². The van der Waals surface area contributed by atoms with E-state index in [1.807, 2.05) is 13.8 Å². The second-order valence-electron chi connectivity index (χ2n) is 6.31. The second kappa shape index (κ2) is 8.64. The van der Waals surface area contributed by atoms with Crippen molar-refractivity contribution in [1.82, 2.24) is 4.90 Å². The van der Waals surface area contributed by atoms with E-state index < -0.39 is 42.7 Å². The Bertz CT molecular complexity index is 348. The first-order valence-electron chi connectivity index (χ1n) is 7.21. The topological polar surface area (TPSA) is 131 Å². The number of likely N-dealkylation sites (N-methyl/N-ethyl adjacent to an activating group) is 1. The summed E-state index contributed by atoms with van der Waals surface area (Å²) in [6.45, 7) is 6.26. The largest absolute Gasteiger partial charge is 0.443 e. The third-order valence-electron chi connectivity index (χ3n) is 3.84. The fraction of sp³-hybridized carbons (Fsp3) is 0.929. The number of carbonyl (C=O) groups is 1. The van der Waals surface area contributed by atoms with Crippen molar-refractivity contribution in [3.63, 3.8) is 0 Å². The van der Waals surface area contributed by atoms with Crippen LogP contribution >= 0.6 is 0 Å². The number of amides is 1. The van der Waals surface area contributed by atoms with Gasteiger partial charge in [-0.3, -0.25) is 0 Å². The van der Waals surface area contributed by atoms with Crippen molar-refractivity contribution in [2.75, 3.05) is 20.2 Å². The van der Waals surface area contributed by atoms with Crippen molar-refractivity contribution in [2.45, 2.75) is 57.7 Å². The molecule has 4 atom stereocenters. The average molecular weight is 323 g/mol. The lowest BCUT2D eigenvalue weighted by Crippen LogP contribution is -2.50. The van der Waals surface area contributed by atoms with Gasteiger partial charge in [-0.2, -0.15) is 0 Å². The molecule has 0 aromatic heterocycles. The van der Waals surface area contributed by atoms with E-state index in [0.29, 0.717) is 0 Å². The number of carbonyl (C=O) groups excluding carboxylic acids is 1. The highest BCUT2D eigenvalue weighted by atomic mass is 16.6. The number of hydrogen-bond donors (Lipinski definition) is 5. The van der Waals surface area contributed by atoms with E-state index in [-0.39, 0.29) is 12.5 Å². The van der Waals surface area contributed by atoms with E-state index in [0.717, 1.165) is 4.90 Å².